The van der Waals surface area contributed by atoms with E-state index in [4.69, 9.17) is 0 Å². The molecule has 1 aliphatic carbocycles. The maximum absolute atomic E-state index is 12.6. The number of aromatic nitrogens is 2. The summed E-state index contributed by atoms with van der Waals surface area (Å²) in [6, 6.07) is 4.19. The van der Waals surface area contributed by atoms with Crippen molar-refractivity contribution in [3.8, 4) is 0 Å². The number of hydrogen-bond donors (Lipinski definition) is 1. The van der Waals surface area contributed by atoms with E-state index in [1.807, 2.05) is 11.3 Å². The van der Waals surface area contributed by atoms with Gasteiger partial charge >= 0.3 is 0 Å². The van der Waals surface area contributed by atoms with Gasteiger partial charge in [0.25, 0.3) is 0 Å². The lowest BCUT2D eigenvalue weighted by Crippen LogP contribution is -2.41. The van der Waals surface area contributed by atoms with Crippen molar-refractivity contribution in [3.63, 3.8) is 0 Å². The molecule has 0 spiro atoms. The molecule has 3 aromatic heterocycles. The highest BCUT2D eigenvalue weighted by Crippen LogP contribution is 2.40. The van der Waals surface area contributed by atoms with Crippen molar-refractivity contribution in [2.75, 3.05) is 24.5 Å². The maximum Gasteiger partial charge on any atom is 0.223 e. The minimum Gasteiger partial charge on any atom is -0.356 e. The Bertz CT molecular complexity index is 990. The fourth-order valence-corrected chi connectivity index (χ4v) is 6.51. The first-order valence-corrected chi connectivity index (χ1v) is 12.3. The van der Waals surface area contributed by atoms with E-state index in [-0.39, 0.29) is 11.8 Å². The Morgan fingerprint density at radius 1 is 1.21 bits per heavy atom. The Morgan fingerprint density at radius 3 is 2.90 bits per heavy atom. The average molecular weight is 427 g/mol. The van der Waals surface area contributed by atoms with Crippen LogP contribution in [0.15, 0.2) is 23.8 Å². The molecule has 0 aromatic carbocycles. The predicted molar refractivity (Wildman–Crippen MR) is 120 cm³/mol. The first-order valence-electron chi connectivity index (χ1n) is 10.6. The summed E-state index contributed by atoms with van der Waals surface area (Å²) >= 11 is 3.60. The van der Waals surface area contributed by atoms with E-state index >= 15 is 0 Å². The number of hydrogen-bond acceptors (Lipinski definition) is 6. The highest BCUT2D eigenvalue weighted by molar-refractivity contribution is 7.19. The molecule has 0 atom stereocenters. The zero-order valence-corrected chi connectivity index (χ0v) is 18.2. The summed E-state index contributed by atoms with van der Waals surface area (Å²) in [5.41, 5.74) is 1.49. The summed E-state index contributed by atoms with van der Waals surface area (Å²) in [4.78, 5) is 28.2. The van der Waals surface area contributed by atoms with Crippen LogP contribution >= 0.6 is 22.7 Å². The minimum absolute atomic E-state index is 0.114. The van der Waals surface area contributed by atoms with Gasteiger partial charge in [-0.25, -0.2) is 9.97 Å². The van der Waals surface area contributed by atoms with Crippen LogP contribution in [0.4, 0.5) is 5.82 Å². The molecule has 2 aliphatic rings. The van der Waals surface area contributed by atoms with Gasteiger partial charge in [-0.1, -0.05) is 6.07 Å². The van der Waals surface area contributed by atoms with Crippen molar-refractivity contribution in [2.45, 2.75) is 44.9 Å². The van der Waals surface area contributed by atoms with E-state index in [1.54, 1.807) is 17.7 Å². The molecule has 5 rings (SSSR count). The second-order valence-corrected chi connectivity index (χ2v) is 10.1. The molecule has 0 bridgehead atoms. The van der Waals surface area contributed by atoms with Crippen molar-refractivity contribution in [2.24, 2.45) is 5.92 Å². The molecule has 0 unspecified atom stereocenters. The highest BCUT2D eigenvalue weighted by atomic mass is 32.1. The van der Waals surface area contributed by atoms with Crippen LogP contribution in [0.25, 0.3) is 10.2 Å². The lowest BCUT2D eigenvalue weighted by molar-refractivity contribution is -0.125. The van der Waals surface area contributed by atoms with Gasteiger partial charge in [-0.05, 0) is 62.0 Å². The Balaban J connectivity index is 1.23. The summed E-state index contributed by atoms with van der Waals surface area (Å²) in [6.07, 6.45) is 9.30. The van der Waals surface area contributed by atoms with Crippen LogP contribution in [0.2, 0.25) is 0 Å². The fourth-order valence-electron chi connectivity index (χ4n) is 4.57. The quantitative estimate of drug-likeness (QED) is 0.664. The topological polar surface area (TPSA) is 58.1 Å². The molecule has 3 aromatic rings. The molecule has 1 saturated heterocycles. The number of thiophene rings is 2. The van der Waals surface area contributed by atoms with Crippen LogP contribution in [-0.4, -0.2) is 35.5 Å². The summed E-state index contributed by atoms with van der Waals surface area (Å²) in [5.74, 6) is 1.41. The number of nitrogens with zero attached hydrogens (tertiary/aromatic N) is 3. The largest absolute Gasteiger partial charge is 0.356 e. The molecule has 5 nitrogen and oxygen atoms in total. The van der Waals surface area contributed by atoms with E-state index < -0.39 is 0 Å². The zero-order valence-electron chi connectivity index (χ0n) is 16.5. The zero-order chi connectivity index (χ0) is 19.6. The van der Waals surface area contributed by atoms with Crippen molar-refractivity contribution in [3.05, 3.63) is 39.2 Å². The summed E-state index contributed by atoms with van der Waals surface area (Å²) in [6.45, 7) is 2.51. The Kier molecular flexibility index (Phi) is 5.50. The van der Waals surface area contributed by atoms with Crippen molar-refractivity contribution in [1.82, 2.24) is 15.3 Å². The number of rotatable bonds is 5. The summed E-state index contributed by atoms with van der Waals surface area (Å²) in [5, 5.41) is 6.51. The summed E-state index contributed by atoms with van der Waals surface area (Å²) in [7, 11) is 0. The van der Waals surface area contributed by atoms with Crippen LogP contribution in [-0.2, 0) is 24.1 Å². The Morgan fingerprint density at radius 2 is 2.07 bits per heavy atom. The van der Waals surface area contributed by atoms with Gasteiger partial charge in [-0.3, -0.25) is 4.79 Å². The number of carbonyl (C=O) groups is 1. The molecule has 1 aliphatic heterocycles. The number of carbonyl (C=O) groups excluding carboxylic acids is 1. The summed E-state index contributed by atoms with van der Waals surface area (Å²) < 4.78 is 0. The number of amides is 1. The fraction of sp³-hybridized carbons (Fsp3) is 0.500. The molecular weight excluding hydrogens is 400 g/mol. The molecule has 4 heterocycles. The van der Waals surface area contributed by atoms with E-state index in [0.29, 0.717) is 0 Å². The van der Waals surface area contributed by atoms with E-state index in [1.165, 1.54) is 40.0 Å². The normalized spacial score (nSPS) is 17.4. The number of aryl methyl sites for hydroxylation is 2. The van der Waals surface area contributed by atoms with E-state index in [2.05, 4.69) is 37.7 Å². The number of piperidine rings is 1. The van der Waals surface area contributed by atoms with Crippen molar-refractivity contribution >= 4 is 44.6 Å². The molecule has 0 radical (unpaired) electrons. The van der Waals surface area contributed by atoms with Crippen LogP contribution in [0.3, 0.4) is 0 Å². The van der Waals surface area contributed by atoms with Gasteiger partial charge in [0.05, 0.1) is 5.39 Å². The van der Waals surface area contributed by atoms with Gasteiger partial charge in [0.1, 0.15) is 17.0 Å². The second kappa shape index (κ2) is 8.40. The monoisotopic (exact) mass is 426 g/mol. The van der Waals surface area contributed by atoms with Gasteiger partial charge in [0, 0.05) is 35.3 Å². The number of anilines is 1. The maximum atomic E-state index is 12.6. The second-order valence-electron chi connectivity index (χ2n) is 7.97. The first-order chi connectivity index (χ1) is 14.3. The third kappa shape index (κ3) is 3.90. The van der Waals surface area contributed by atoms with Crippen LogP contribution < -0.4 is 10.2 Å². The standard InChI is InChI=1S/C22H26N4OS2/c27-21(23-10-7-16-4-3-13-28-16)15-8-11-26(12-9-15)20-19-17-5-1-2-6-18(17)29-22(19)25-14-24-20/h3-4,13-15H,1-2,5-12H2,(H,23,27). The van der Waals surface area contributed by atoms with Crippen LogP contribution in [0, 0.1) is 5.92 Å². The molecule has 7 heteroatoms. The van der Waals surface area contributed by atoms with Crippen LogP contribution in [0.1, 0.15) is 41.0 Å². The number of fused-ring (bicyclic) bond motifs is 3. The molecule has 1 fully saturated rings. The van der Waals surface area contributed by atoms with Crippen molar-refractivity contribution < 1.29 is 4.79 Å². The van der Waals surface area contributed by atoms with Gasteiger partial charge in [-0.2, -0.15) is 0 Å². The van der Waals surface area contributed by atoms with Crippen LogP contribution in [0.5, 0.6) is 0 Å². The van der Waals surface area contributed by atoms with Gasteiger partial charge < -0.3 is 10.2 Å². The Labute approximate surface area is 179 Å². The van der Waals surface area contributed by atoms with Gasteiger partial charge in [0.2, 0.25) is 5.91 Å². The average Bonchev–Trinajstić information content (AvgIpc) is 3.41. The molecule has 1 amide bonds. The molecule has 1 N–H and O–H groups in total. The predicted octanol–water partition coefficient (Wildman–Crippen LogP) is 4.21. The molecular formula is C22H26N4OS2. The molecule has 29 heavy (non-hydrogen) atoms. The third-order valence-corrected chi connectivity index (χ3v) is 8.28. The Hall–Kier alpha value is -1.99. The van der Waals surface area contributed by atoms with Crippen molar-refractivity contribution in [1.29, 1.82) is 0 Å². The van der Waals surface area contributed by atoms with Gasteiger partial charge in [-0.15, -0.1) is 22.7 Å². The molecule has 0 saturated carbocycles. The van der Waals surface area contributed by atoms with E-state index in [0.717, 1.165) is 56.0 Å². The van der Waals surface area contributed by atoms with Gasteiger partial charge in [0.15, 0.2) is 0 Å². The lowest BCUT2D eigenvalue weighted by atomic mass is 9.94. The number of nitrogens with one attached hydrogen (secondary N) is 1. The minimum atomic E-state index is 0.114. The van der Waals surface area contributed by atoms with E-state index in [9.17, 15) is 4.79 Å². The SMILES string of the molecule is O=C(NCCc1cccs1)C1CCN(c2ncnc3sc4c(c23)CCCC4)CC1. The first kappa shape index (κ1) is 19.0. The smallest absolute Gasteiger partial charge is 0.223 e. The highest BCUT2D eigenvalue weighted by Gasteiger charge is 2.28. The molecule has 152 valence electrons. The lowest BCUT2D eigenvalue weighted by Gasteiger charge is -2.32. The third-order valence-electron chi connectivity index (χ3n) is 6.15.